The maximum atomic E-state index is 11.9. The number of hydrogen-bond donors (Lipinski definition) is 2. The molecule has 0 radical (unpaired) electrons. The van der Waals surface area contributed by atoms with Gasteiger partial charge in [-0.1, -0.05) is 0 Å². The first kappa shape index (κ1) is 14.6. The summed E-state index contributed by atoms with van der Waals surface area (Å²) in [7, 11) is 0. The second kappa shape index (κ2) is 6.09. The Morgan fingerprint density at radius 3 is 2.79 bits per heavy atom. The Bertz CT molecular complexity index is 322. The van der Waals surface area contributed by atoms with Crippen LogP contribution in [0.1, 0.15) is 25.7 Å². The van der Waals surface area contributed by atoms with E-state index in [4.69, 9.17) is 0 Å². The monoisotopic (exact) mass is 279 g/mol. The summed E-state index contributed by atoms with van der Waals surface area (Å²) in [5, 5.41) is 4.94. The molecule has 2 atom stereocenters. The van der Waals surface area contributed by atoms with Crippen molar-refractivity contribution in [3.8, 4) is 0 Å². The van der Waals surface area contributed by atoms with Gasteiger partial charge in [-0.15, -0.1) is 0 Å². The normalized spacial score (nSPS) is 28.2. The molecule has 19 heavy (non-hydrogen) atoms. The first-order chi connectivity index (χ1) is 8.94. The second-order valence-electron chi connectivity index (χ2n) is 5.34. The van der Waals surface area contributed by atoms with E-state index in [9.17, 15) is 18.0 Å². The lowest BCUT2D eigenvalue weighted by Crippen LogP contribution is -2.49. The number of fused-ring (bicyclic) bond motifs is 1. The van der Waals surface area contributed by atoms with Gasteiger partial charge >= 0.3 is 6.18 Å². The highest BCUT2D eigenvalue weighted by molar-refractivity contribution is 5.78. The van der Waals surface area contributed by atoms with Crippen molar-refractivity contribution >= 4 is 5.91 Å². The molecule has 2 heterocycles. The molecule has 0 bridgehead atoms. The molecule has 0 saturated carbocycles. The standard InChI is InChI=1S/C12H20F3N3O/c13-12(14,15)8-16-7-11(19)17-9-3-5-18-4-1-2-10(18)6-9/h9-10,16H,1-8H2,(H,17,19). The Morgan fingerprint density at radius 1 is 1.26 bits per heavy atom. The van der Waals surface area contributed by atoms with E-state index in [1.165, 1.54) is 12.8 Å². The van der Waals surface area contributed by atoms with Crippen molar-refractivity contribution in [1.29, 1.82) is 0 Å². The fourth-order valence-corrected chi connectivity index (χ4v) is 2.95. The molecule has 110 valence electrons. The van der Waals surface area contributed by atoms with Crippen LogP contribution in [-0.4, -0.2) is 55.2 Å². The molecule has 4 nitrogen and oxygen atoms in total. The molecule has 0 aromatic carbocycles. The summed E-state index contributed by atoms with van der Waals surface area (Å²) in [6, 6.07) is 0.654. The lowest BCUT2D eigenvalue weighted by atomic mass is 9.97. The van der Waals surface area contributed by atoms with Gasteiger partial charge in [-0.25, -0.2) is 0 Å². The van der Waals surface area contributed by atoms with E-state index in [1.807, 2.05) is 0 Å². The Morgan fingerprint density at radius 2 is 2.05 bits per heavy atom. The van der Waals surface area contributed by atoms with Gasteiger partial charge in [0.15, 0.2) is 0 Å². The number of hydrogen-bond acceptors (Lipinski definition) is 3. The topological polar surface area (TPSA) is 44.4 Å². The molecule has 0 aromatic heterocycles. The van der Waals surface area contributed by atoms with Crippen molar-refractivity contribution in [3.05, 3.63) is 0 Å². The van der Waals surface area contributed by atoms with Crippen molar-refractivity contribution in [3.63, 3.8) is 0 Å². The van der Waals surface area contributed by atoms with Crippen molar-refractivity contribution < 1.29 is 18.0 Å². The van der Waals surface area contributed by atoms with Crippen LogP contribution in [0.5, 0.6) is 0 Å². The van der Waals surface area contributed by atoms with Gasteiger partial charge in [0, 0.05) is 18.6 Å². The van der Waals surface area contributed by atoms with Crippen molar-refractivity contribution in [2.75, 3.05) is 26.2 Å². The van der Waals surface area contributed by atoms with Gasteiger partial charge in [-0.3, -0.25) is 4.79 Å². The van der Waals surface area contributed by atoms with Crippen LogP contribution in [-0.2, 0) is 4.79 Å². The minimum atomic E-state index is -4.27. The minimum Gasteiger partial charge on any atom is -0.352 e. The predicted molar refractivity (Wildman–Crippen MR) is 64.7 cm³/mol. The molecular formula is C12H20F3N3O. The quantitative estimate of drug-likeness (QED) is 0.803. The van der Waals surface area contributed by atoms with Crippen molar-refractivity contribution in [2.24, 2.45) is 0 Å². The summed E-state index contributed by atoms with van der Waals surface area (Å²) in [4.78, 5) is 14.0. The van der Waals surface area contributed by atoms with Crippen molar-refractivity contribution in [1.82, 2.24) is 15.5 Å². The largest absolute Gasteiger partial charge is 0.401 e. The minimum absolute atomic E-state index is 0.111. The zero-order valence-electron chi connectivity index (χ0n) is 10.8. The number of carbonyl (C=O) groups excluding carboxylic acids is 1. The molecule has 2 unspecified atom stereocenters. The molecule has 0 aliphatic carbocycles. The number of piperidine rings is 1. The van der Waals surface area contributed by atoms with E-state index in [2.05, 4.69) is 15.5 Å². The summed E-state index contributed by atoms with van der Waals surface area (Å²) in [5.74, 6) is -0.347. The molecule has 7 heteroatoms. The van der Waals surface area contributed by atoms with Crippen LogP contribution in [0, 0.1) is 0 Å². The van der Waals surface area contributed by atoms with Gasteiger partial charge in [0.2, 0.25) is 5.91 Å². The Labute approximate surface area is 110 Å². The average molecular weight is 279 g/mol. The Kier molecular flexibility index (Phi) is 4.67. The fourth-order valence-electron chi connectivity index (χ4n) is 2.95. The molecule has 2 fully saturated rings. The molecule has 2 aliphatic heterocycles. The van der Waals surface area contributed by atoms with Gasteiger partial charge in [-0.2, -0.15) is 13.2 Å². The van der Waals surface area contributed by atoms with Crippen LogP contribution >= 0.6 is 0 Å². The van der Waals surface area contributed by atoms with E-state index in [0.29, 0.717) is 6.04 Å². The van der Waals surface area contributed by atoms with E-state index in [0.717, 1.165) is 25.9 Å². The maximum absolute atomic E-state index is 11.9. The van der Waals surface area contributed by atoms with Crippen LogP contribution in [0.15, 0.2) is 0 Å². The van der Waals surface area contributed by atoms with Crippen LogP contribution in [0.3, 0.4) is 0 Å². The van der Waals surface area contributed by atoms with Crippen LogP contribution in [0.4, 0.5) is 13.2 Å². The van der Waals surface area contributed by atoms with Crippen LogP contribution in [0.2, 0.25) is 0 Å². The molecule has 2 aliphatic rings. The molecule has 0 spiro atoms. The third-order valence-electron chi connectivity index (χ3n) is 3.80. The highest BCUT2D eigenvalue weighted by Crippen LogP contribution is 2.26. The zero-order valence-corrected chi connectivity index (χ0v) is 10.8. The summed E-state index contributed by atoms with van der Waals surface area (Å²) in [6.45, 7) is 0.718. The van der Waals surface area contributed by atoms with Crippen LogP contribution < -0.4 is 10.6 Å². The third kappa shape index (κ3) is 4.65. The average Bonchev–Trinajstić information content (AvgIpc) is 2.74. The first-order valence-corrected chi connectivity index (χ1v) is 6.75. The third-order valence-corrected chi connectivity index (χ3v) is 3.80. The number of amides is 1. The van der Waals surface area contributed by atoms with E-state index in [1.54, 1.807) is 0 Å². The smallest absolute Gasteiger partial charge is 0.352 e. The lowest BCUT2D eigenvalue weighted by molar-refractivity contribution is -0.128. The van der Waals surface area contributed by atoms with Gasteiger partial charge in [-0.05, 0) is 32.2 Å². The maximum Gasteiger partial charge on any atom is 0.401 e. The molecule has 2 saturated heterocycles. The highest BCUT2D eigenvalue weighted by atomic mass is 19.4. The van der Waals surface area contributed by atoms with E-state index in [-0.39, 0.29) is 18.5 Å². The SMILES string of the molecule is O=C(CNCC(F)(F)F)NC1CCN2CCCC2C1. The van der Waals surface area contributed by atoms with Gasteiger partial charge in [0.05, 0.1) is 13.1 Å². The van der Waals surface area contributed by atoms with Gasteiger partial charge in [0.1, 0.15) is 0 Å². The number of nitrogens with zero attached hydrogens (tertiary/aromatic N) is 1. The summed E-state index contributed by atoms with van der Waals surface area (Å²) in [6.07, 6.45) is -0.0842. The molecule has 2 rings (SSSR count). The number of nitrogens with one attached hydrogen (secondary N) is 2. The van der Waals surface area contributed by atoms with E-state index < -0.39 is 12.7 Å². The van der Waals surface area contributed by atoms with Crippen LogP contribution in [0.25, 0.3) is 0 Å². The summed E-state index contributed by atoms with van der Waals surface area (Å²) in [5.41, 5.74) is 0. The fraction of sp³-hybridized carbons (Fsp3) is 0.917. The molecule has 0 aromatic rings. The summed E-state index contributed by atoms with van der Waals surface area (Å²) >= 11 is 0. The predicted octanol–water partition coefficient (Wildman–Crippen LogP) is 0.881. The number of rotatable bonds is 4. The van der Waals surface area contributed by atoms with Crippen molar-refractivity contribution in [2.45, 2.75) is 43.9 Å². The summed E-state index contributed by atoms with van der Waals surface area (Å²) < 4.78 is 35.7. The first-order valence-electron chi connectivity index (χ1n) is 6.75. The Balaban J connectivity index is 1.65. The molecule has 2 N–H and O–H groups in total. The second-order valence-corrected chi connectivity index (χ2v) is 5.34. The lowest BCUT2D eigenvalue weighted by Gasteiger charge is -2.35. The van der Waals surface area contributed by atoms with Gasteiger partial charge in [0.25, 0.3) is 0 Å². The number of alkyl halides is 3. The number of halogens is 3. The Hall–Kier alpha value is -0.820. The zero-order chi connectivity index (χ0) is 13.9. The highest BCUT2D eigenvalue weighted by Gasteiger charge is 2.32. The molecule has 1 amide bonds. The van der Waals surface area contributed by atoms with Gasteiger partial charge < -0.3 is 15.5 Å². The van der Waals surface area contributed by atoms with E-state index >= 15 is 0 Å². The number of carbonyl (C=O) groups is 1. The molecular weight excluding hydrogens is 259 g/mol.